The number of hydrogen-bond donors (Lipinski definition) is 1. The van der Waals surface area contributed by atoms with Crippen molar-refractivity contribution in [2.24, 2.45) is 5.92 Å². The molecule has 0 aliphatic heterocycles. The van der Waals surface area contributed by atoms with Crippen LogP contribution in [-0.2, 0) is 12.8 Å². The maximum Gasteiger partial charge on any atom is 0.126 e. The van der Waals surface area contributed by atoms with E-state index in [1.165, 1.54) is 12.1 Å². The predicted molar refractivity (Wildman–Crippen MR) is 77.6 cm³/mol. The van der Waals surface area contributed by atoms with E-state index in [0.29, 0.717) is 30.5 Å². The standard InChI is InChI=1S/C17H18F3N/c1-21-11-12(8-13-4-2-3-5-16(13)19)9-14-10-15(18)6-7-17(14)20/h2-7,10,12,21H,8-9,11H2,1H3. The van der Waals surface area contributed by atoms with Gasteiger partial charge in [-0.15, -0.1) is 0 Å². The van der Waals surface area contributed by atoms with Crippen LogP contribution >= 0.6 is 0 Å². The normalized spacial score (nSPS) is 12.4. The first-order valence-electron chi connectivity index (χ1n) is 6.92. The molecule has 1 unspecified atom stereocenters. The van der Waals surface area contributed by atoms with Gasteiger partial charge in [0.25, 0.3) is 0 Å². The Balaban J connectivity index is 2.16. The number of benzene rings is 2. The smallest absolute Gasteiger partial charge is 0.126 e. The Morgan fingerprint density at radius 1 is 0.905 bits per heavy atom. The molecule has 0 amide bonds. The molecule has 1 nitrogen and oxygen atoms in total. The molecule has 0 heterocycles. The number of halogens is 3. The number of nitrogens with one attached hydrogen (secondary N) is 1. The van der Waals surface area contributed by atoms with Gasteiger partial charge in [-0.1, -0.05) is 18.2 Å². The van der Waals surface area contributed by atoms with Crippen molar-refractivity contribution in [3.63, 3.8) is 0 Å². The average Bonchev–Trinajstić information content (AvgIpc) is 2.45. The van der Waals surface area contributed by atoms with Crippen LogP contribution in [0.5, 0.6) is 0 Å². The van der Waals surface area contributed by atoms with Crippen LogP contribution in [0, 0.1) is 23.4 Å². The van der Waals surface area contributed by atoms with Gasteiger partial charge in [-0.25, -0.2) is 13.2 Å². The quantitative estimate of drug-likeness (QED) is 0.856. The Labute approximate surface area is 122 Å². The van der Waals surface area contributed by atoms with E-state index < -0.39 is 11.6 Å². The molecule has 1 atom stereocenters. The Bertz CT molecular complexity index is 598. The highest BCUT2D eigenvalue weighted by atomic mass is 19.1. The topological polar surface area (TPSA) is 12.0 Å². The molecule has 2 rings (SSSR count). The minimum absolute atomic E-state index is 0.0109. The van der Waals surface area contributed by atoms with Crippen LogP contribution in [0.4, 0.5) is 13.2 Å². The second-order valence-electron chi connectivity index (χ2n) is 5.16. The van der Waals surface area contributed by atoms with E-state index in [4.69, 9.17) is 0 Å². The fraction of sp³-hybridized carbons (Fsp3) is 0.294. The summed E-state index contributed by atoms with van der Waals surface area (Å²) in [4.78, 5) is 0. The maximum atomic E-state index is 13.7. The highest BCUT2D eigenvalue weighted by molar-refractivity contribution is 5.21. The second kappa shape index (κ2) is 7.27. The summed E-state index contributed by atoms with van der Waals surface area (Å²) in [5.41, 5.74) is 0.918. The van der Waals surface area contributed by atoms with Crippen LogP contribution in [-0.4, -0.2) is 13.6 Å². The fourth-order valence-electron chi connectivity index (χ4n) is 2.49. The molecule has 0 bridgehead atoms. The highest BCUT2D eigenvalue weighted by Gasteiger charge is 2.15. The van der Waals surface area contributed by atoms with Crippen LogP contribution in [0.2, 0.25) is 0 Å². The van der Waals surface area contributed by atoms with Gasteiger partial charge in [0, 0.05) is 0 Å². The second-order valence-corrected chi connectivity index (χ2v) is 5.16. The molecule has 0 aromatic heterocycles. The molecule has 4 heteroatoms. The molecule has 1 N–H and O–H groups in total. The van der Waals surface area contributed by atoms with E-state index in [0.717, 1.165) is 12.1 Å². The summed E-state index contributed by atoms with van der Waals surface area (Å²) in [7, 11) is 1.79. The Morgan fingerprint density at radius 3 is 2.29 bits per heavy atom. The maximum absolute atomic E-state index is 13.7. The van der Waals surface area contributed by atoms with Crippen molar-refractivity contribution >= 4 is 0 Å². The third-order valence-electron chi connectivity index (χ3n) is 3.48. The van der Waals surface area contributed by atoms with Crippen molar-refractivity contribution in [2.75, 3.05) is 13.6 Å². The fourth-order valence-corrected chi connectivity index (χ4v) is 2.49. The lowest BCUT2D eigenvalue weighted by molar-refractivity contribution is 0.466. The van der Waals surface area contributed by atoms with E-state index in [-0.39, 0.29) is 11.7 Å². The zero-order valence-corrected chi connectivity index (χ0v) is 11.9. The van der Waals surface area contributed by atoms with Gasteiger partial charge < -0.3 is 5.32 Å². The molecule has 0 aliphatic carbocycles. The zero-order valence-electron chi connectivity index (χ0n) is 11.9. The molecular formula is C17H18F3N. The van der Waals surface area contributed by atoms with E-state index in [9.17, 15) is 13.2 Å². The molecule has 2 aromatic carbocycles. The minimum atomic E-state index is -0.458. The van der Waals surface area contributed by atoms with Gasteiger partial charge in [0.1, 0.15) is 17.5 Å². The Kier molecular flexibility index (Phi) is 5.39. The molecule has 0 saturated heterocycles. The first-order valence-corrected chi connectivity index (χ1v) is 6.92. The monoisotopic (exact) mass is 293 g/mol. The van der Waals surface area contributed by atoms with Crippen molar-refractivity contribution in [3.05, 3.63) is 71.0 Å². The van der Waals surface area contributed by atoms with Crippen LogP contribution in [0.25, 0.3) is 0 Å². The van der Waals surface area contributed by atoms with Gasteiger partial charge in [0.05, 0.1) is 0 Å². The lowest BCUT2D eigenvalue weighted by Gasteiger charge is -2.17. The van der Waals surface area contributed by atoms with Crippen molar-refractivity contribution in [1.29, 1.82) is 0 Å². The van der Waals surface area contributed by atoms with Gasteiger partial charge in [-0.3, -0.25) is 0 Å². The van der Waals surface area contributed by atoms with E-state index >= 15 is 0 Å². The molecule has 0 aliphatic rings. The Hall–Kier alpha value is -1.81. The molecular weight excluding hydrogens is 275 g/mol. The largest absolute Gasteiger partial charge is 0.319 e. The van der Waals surface area contributed by atoms with Crippen LogP contribution in [0.15, 0.2) is 42.5 Å². The minimum Gasteiger partial charge on any atom is -0.319 e. The van der Waals surface area contributed by atoms with Crippen LogP contribution < -0.4 is 5.32 Å². The first-order chi connectivity index (χ1) is 10.1. The third kappa shape index (κ3) is 4.33. The van der Waals surface area contributed by atoms with E-state index in [1.54, 1.807) is 25.2 Å². The molecule has 21 heavy (non-hydrogen) atoms. The van der Waals surface area contributed by atoms with Crippen LogP contribution in [0.1, 0.15) is 11.1 Å². The van der Waals surface area contributed by atoms with Crippen molar-refractivity contribution in [3.8, 4) is 0 Å². The van der Waals surface area contributed by atoms with Crippen LogP contribution in [0.3, 0.4) is 0 Å². The summed E-state index contributed by atoms with van der Waals surface area (Å²) >= 11 is 0. The van der Waals surface area contributed by atoms with Crippen molar-refractivity contribution in [2.45, 2.75) is 12.8 Å². The average molecular weight is 293 g/mol. The molecule has 0 saturated carbocycles. The predicted octanol–water partition coefficient (Wildman–Crippen LogP) is 3.72. The highest BCUT2D eigenvalue weighted by Crippen LogP contribution is 2.19. The molecule has 0 fully saturated rings. The molecule has 0 radical (unpaired) electrons. The van der Waals surface area contributed by atoms with Crippen molar-refractivity contribution in [1.82, 2.24) is 5.32 Å². The van der Waals surface area contributed by atoms with Gasteiger partial charge in [-0.05, 0) is 67.7 Å². The lowest BCUT2D eigenvalue weighted by Crippen LogP contribution is -2.23. The number of hydrogen-bond acceptors (Lipinski definition) is 1. The first kappa shape index (κ1) is 15.6. The lowest BCUT2D eigenvalue weighted by atomic mass is 9.92. The summed E-state index contributed by atoms with van der Waals surface area (Å²) in [5, 5.41) is 3.02. The summed E-state index contributed by atoms with van der Waals surface area (Å²) in [6.07, 6.45) is 0.836. The van der Waals surface area contributed by atoms with Crippen molar-refractivity contribution < 1.29 is 13.2 Å². The van der Waals surface area contributed by atoms with Gasteiger partial charge in [-0.2, -0.15) is 0 Å². The SMILES string of the molecule is CNCC(Cc1ccccc1F)Cc1cc(F)ccc1F. The van der Waals surface area contributed by atoms with E-state index in [1.807, 2.05) is 0 Å². The zero-order chi connectivity index (χ0) is 15.2. The molecule has 112 valence electrons. The Morgan fingerprint density at radius 2 is 1.57 bits per heavy atom. The molecule has 2 aromatic rings. The van der Waals surface area contributed by atoms with Gasteiger partial charge in [0.15, 0.2) is 0 Å². The number of rotatable bonds is 6. The van der Waals surface area contributed by atoms with E-state index in [2.05, 4.69) is 5.32 Å². The van der Waals surface area contributed by atoms with Gasteiger partial charge >= 0.3 is 0 Å². The molecule has 0 spiro atoms. The third-order valence-corrected chi connectivity index (χ3v) is 3.48. The summed E-state index contributed by atoms with van der Waals surface area (Å²) in [5.74, 6) is -1.16. The van der Waals surface area contributed by atoms with Gasteiger partial charge in [0.2, 0.25) is 0 Å². The summed E-state index contributed by atoms with van der Waals surface area (Å²) < 4.78 is 40.7. The summed E-state index contributed by atoms with van der Waals surface area (Å²) in [6.45, 7) is 0.601. The summed E-state index contributed by atoms with van der Waals surface area (Å²) in [6, 6.07) is 9.98.